The molecule has 20 heavy (non-hydrogen) atoms. The van der Waals surface area contributed by atoms with Crippen LogP contribution in [0.25, 0.3) is 0 Å². The Morgan fingerprint density at radius 2 is 2.20 bits per heavy atom. The minimum Gasteiger partial charge on any atom is -0.379 e. The number of nitrogens with zero attached hydrogens (tertiary/aromatic N) is 5. The third kappa shape index (κ3) is 3.27. The van der Waals surface area contributed by atoms with Gasteiger partial charge in [-0.25, -0.2) is 15.0 Å². The monoisotopic (exact) mass is 271 g/mol. The molecule has 6 nitrogen and oxygen atoms in total. The minimum atomic E-state index is 0.398. The number of anilines is 1. The SMILES string of the molecule is c1cc(C[C@H]2COCCN(c3cnccn3)C2)ncn1. The van der Waals surface area contributed by atoms with Crippen LogP contribution in [0, 0.1) is 5.92 Å². The Bertz CT molecular complexity index is 522. The average molecular weight is 271 g/mol. The molecule has 0 aliphatic carbocycles. The molecule has 0 unspecified atom stereocenters. The molecule has 0 aromatic carbocycles. The fourth-order valence-electron chi connectivity index (χ4n) is 2.40. The van der Waals surface area contributed by atoms with Gasteiger partial charge in [0.25, 0.3) is 0 Å². The van der Waals surface area contributed by atoms with Crippen molar-refractivity contribution in [2.75, 3.05) is 31.2 Å². The zero-order chi connectivity index (χ0) is 13.6. The average Bonchev–Trinajstić information content (AvgIpc) is 2.75. The predicted octanol–water partition coefficient (Wildman–Crippen LogP) is 0.962. The Kier molecular flexibility index (Phi) is 4.13. The summed E-state index contributed by atoms with van der Waals surface area (Å²) in [5.41, 5.74) is 1.05. The Balaban J connectivity index is 1.69. The fourth-order valence-corrected chi connectivity index (χ4v) is 2.40. The van der Waals surface area contributed by atoms with Crippen molar-refractivity contribution in [3.8, 4) is 0 Å². The highest BCUT2D eigenvalue weighted by Gasteiger charge is 2.20. The molecular weight excluding hydrogens is 254 g/mol. The molecule has 2 aromatic heterocycles. The van der Waals surface area contributed by atoms with E-state index >= 15 is 0 Å². The van der Waals surface area contributed by atoms with Gasteiger partial charge < -0.3 is 9.64 Å². The van der Waals surface area contributed by atoms with Crippen molar-refractivity contribution in [1.29, 1.82) is 0 Å². The van der Waals surface area contributed by atoms with Crippen LogP contribution >= 0.6 is 0 Å². The van der Waals surface area contributed by atoms with E-state index in [0.29, 0.717) is 5.92 Å². The van der Waals surface area contributed by atoms with Gasteiger partial charge >= 0.3 is 0 Å². The van der Waals surface area contributed by atoms with Gasteiger partial charge in [-0.1, -0.05) is 0 Å². The van der Waals surface area contributed by atoms with Crippen LogP contribution in [0.4, 0.5) is 5.82 Å². The van der Waals surface area contributed by atoms with Crippen molar-refractivity contribution in [3.05, 3.63) is 42.9 Å². The Morgan fingerprint density at radius 1 is 1.20 bits per heavy atom. The topological polar surface area (TPSA) is 64.0 Å². The summed E-state index contributed by atoms with van der Waals surface area (Å²) >= 11 is 0. The van der Waals surface area contributed by atoms with Gasteiger partial charge in [0.15, 0.2) is 0 Å². The molecule has 1 aliphatic heterocycles. The van der Waals surface area contributed by atoms with E-state index in [1.54, 1.807) is 31.1 Å². The van der Waals surface area contributed by atoms with E-state index in [-0.39, 0.29) is 0 Å². The molecule has 1 atom stereocenters. The first-order chi connectivity index (χ1) is 9.92. The minimum absolute atomic E-state index is 0.398. The summed E-state index contributed by atoms with van der Waals surface area (Å²) in [6.07, 6.45) is 9.47. The van der Waals surface area contributed by atoms with Gasteiger partial charge in [-0.05, 0) is 12.5 Å². The summed E-state index contributed by atoms with van der Waals surface area (Å²) in [6, 6.07) is 1.96. The van der Waals surface area contributed by atoms with E-state index in [9.17, 15) is 0 Å². The Hall–Kier alpha value is -2.08. The second-order valence-electron chi connectivity index (χ2n) is 4.86. The molecule has 3 rings (SSSR count). The standard InChI is InChI=1S/C14H17N5O/c1-2-16-11-18-13(1)7-12-9-19(5-6-20-10-12)14-8-15-3-4-17-14/h1-4,8,11-12H,5-7,9-10H2/t12-/m1/s1. The summed E-state index contributed by atoms with van der Waals surface area (Å²) < 4.78 is 5.70. The molecule has 0 N–H and O–H groups in total. The number of aromatic nitrogens is 4. The van der Waals surface area contributed by atoms with Crippen molar-refractivity contribution in [2.45, 2.75) is 6.42 Å². The van der Waals surface area contributed by atoms with Crippen LogP contribution in [0.5, 0.6) is 0 Å². The molecule has 1 aliphatic rings. The van der Waals surface area contributed by atoms with Crippen LogP contribution in [-0.4, -0.2) is 46.2 Å². The number of rotatable bonds is 3. The normalized spacial score (nSPS) is 19.6. The van der Waals surface area contributed by atoms with E-state index in [4.69, 9.17) is 4.74 Å². The molecule has 1 fully saturated rings. The van der Waals surface area contributed by atoms with Gasteiger partial charge in [-0.2, -0.15) is 0 Å². The summed E-state index contributed by atoms with van der Waals surface area (Å²) in [5, 5.41) is 0. The molecular formula is C14H17N5O. The lowest BCUT2D eigenvalue weighted by molar-refractivity contribution is 0.123. The van der Waals surface area contributed by atoms with E-state index in [2.05, 4.69) is 24.8 Å². The maximum absolute atomic E-state index is 5.70. The lowest BCUT2D eigenvalue weighted by Gasteiger charge is -2.23. The van der Waals surface area contributed by atoms with Crippen LogP contribution in [0.1, 0.15) is 5.69 Å². The van der Waals surface area contributed by atoms with Crippen molar-refractivity contribution >= 4 is 5.82 Å². The summed E-state index contributed by atoms with van der Waals surface area (Å²) in [7, 11) is 0. The predicted molar refractivity (Wildman–Crippen MR) is 74.3 cm³/mol. The molecule has 6 heteroatoms. The second-order valence-corrected chi connectivity index (χ2v) is 4.86. The van der Waals surface area contributed by atoms with Gasteiger partial charge in [0.05, 0.1) is 19.4 Å². The number of hydrogen-bond donors (Lipinski definition) is 0. The van der Waals surface area contributed by atoms with Gasteiger partial charge in [-0.3, -0.25) is 4.98 Å². The highest BCUT2D eigenvalue weighted by molar-refractivity contribution is 5.35. The van der Waals surface area contributed by atoms with E-state index in [1.165, 1.54) is 0 Å². The van der Waals surface area contributed by atoms with Crippen LogP contribution < -0.4 is 4.90 Å². The highest BCUT2D eigenvalue weighted by atomic mass is 16.5. The largest absolute Gasteiger partial charge is 0.379 e. The molecule has 1 saturated heterocycles. The first-order valence-electron chi connectivity index (χ1n) is 6.75. The van der Waals surface area contributed by atoms with E-state index in [1.807, 2.05) is 6.07 Å². The van der Waals surface area contributed by atoms with Crippen LogP contribution in [0.2, 0.25) is 0 Å². The lowest BCUT2D eigenvalue weighted by atomic mass is 10.0. The van der Waals surface area contributed by atoms with Crippen molar-refractivity contribution in [1.82, 2.24) is 19.9 Å². The van der Waals surface area contributed by atoms with Gasteiger partial charge in [0, 0.05) is 43.3 Å². The zero-order valence-electron chi connectivity index (χ0n) is 11.2. The van der Waals surface area contributed by atoms with Crippen molar-refractivity contribution in [3.63, 3.8) is 0 Å². The summed E-state index contributed by atoms with van der Waals surface area (Å²) in [5.74, 6) is 1.31. The maximum atomic E-state index is 5.70. The van der Waals surface area contributed by atoms with Crippen LogP contribution in [0.3, 0.4) is 0 Å². The molecule has 0 bridgehead atoms. The van der Waals surface area contributed by atoms with E-state index < -0.39 is 0 Å². The number of hydrogen-bond acceptors (Lipinski definition) is 6. The quantitative estimate of drug-likeness (QED) is 0.828. The molecule has 2 aromatic rings. The van der Waals surface area contributed by atoms with Crippen molar-refractivity contribution in [2.24, 2.45) is 5.92 Å². The molecule has 0 amide bonds. The first-order valence-corrected chi connectivity index (χ1v) is 6.75. The van der Waals surface area contributed by atoms with E-state index in [0.717, 1.165) is 44.2 Å². The van der Waals surface area contributed by atoms with Crippen LogP contribution in [-0.2, 0) is 11.2 Å². The molecule has 104 valence electrons. The maximum Gasteiger partial charge on any atom is 0.147 e. The Labute approximate surface area is 117 Å². The fraction of sp³-hybridized carbons (Fsp3) is 0.429. The molecule has 0 saturated carbocycles. The summed E-state index contributed by atoms with van der Waals surface area (Å²) in [6.45, 7) is 3.22. The smallest absolute Gasteiger partial charge is 0.147 e. The van der Waals surface area contributed by atoms with Crippen molar-refractivity contribution < 1.29 is 4.74 Å². The Morgan fingerprint density at radius 3 is 3.00 bits per heavy atom. The third-order valence-electron chi connectivity index (χ3n) is 3.35. The summed E-state index contributed by atoms with van der Waals surface area (Å²) in [4.78, 5) is 19.0. The molecule has 3 heterocycles. The first kappa shape index (κ1) is 12.9. The van der Waals surface area contributed by atoms with Gasteiger partial charge in [0.1, 0.15) is 12.1 Å². The third-order valence-corrected chi connectivity index (χ3v) is 3.35. The highest BCUT2D eigenvalue weighted by Crippen LogP contribution is 2.16. The molecule has 0 spiro atoms. The van der Waals surface area contributed by atoms with Gasteiger partial charge in [-0.15, -0.1) is 0 Å². The lowest BCUT2D eigenvalue weighted by Crippen LogP contribution is -2.31. The second kappa shape index (κ2) is 6.38. The van der Waals surface area contributed by atoms with Gasteiger partial charge in [0.2, 0.25) is 0 Å². The van der Waals surface area contributed by atoms with Crippen LogP contribution in [0.15, 0.2) is 37.2 Å². The zero-order valence-corrected chi connectivity index (χ0v) is 11.2. The number of ether oxygens (including phenoxy) is 1. The molecule has 0 radical (unpaired) electrons.